The van der Waals surface area contributed by atoms with Gasteiger partial charge in [-0.15, -0.1) is 0 Å². The second-order valence-electron chi connectivity index (χ2n) is 8.12. The van der Waals surface area contributed by atoms with Gasteiger partial charge in [0.25, 0.3) is 0 Å². The summed E-state index contributed by atoms with van der Waals surface area (Å²) in [6.45, 7) is 2.77. The third kappa shape index (κ3) is 5.62. The highest BCUT2D eigenvalue weighted by atomic mass is 35.5. The number of carbonyl (C=O) groups is 1. The molecule has 0 fully saturated rings. The molecule has 8 nitrogen and oxygen atoms in total. The Morgan fingerprint density at radius 1 is 1.09 bits per heavy atom. The molecule has 0 spiro atoms. The minimum Gasteiger partial charge on any atom is -0.505 e. The number of phenolic OH excluding ortho intramolecular Hbond substituents is 1. The Morgan fingerprint density at radius 3 is 2.46 bits per heavy atom. The zero-order valence-corrected chi connectivity index (χ0v) is 20.9. The molecule has 0 aliphatic heterocycles. The maximum absolute atomic E-state index is 12.4. The molecule has 180 valence electrons. The summed E-state index contributed by atoms with van der Waals surface area (Å²) in [7, 11) is 3.94. The number of nitrogens with one attached hydrogen (secondary N) is 1. The number of hydrogen-bond donors (Lipinski definition) is 2. The standard InChI is InChI=1S/C25H23Cl2N5O3/c1-14(33)17-13-28-21-6-5-20(15-10-18(26)25(34)19(27)11-15)31-24(21)23(17)30-16-4-7-22(29-12-16)35-9-8-32(2)3/h4-7,10-13,34H,8-9H2,1-3H3,(H,28,30). The number of ether oxygens (including phenoxy) is 1. The number of halogens is 2. The minimum atomic E-state index is -0.192. The van der Waals surface area contributed by atoms with Crippen LogP contribution < -0.4 is 10.1 Å². The first-order valence-corrected chi connectivity index (χ1v) is 11.5. The van der Waals surface area contributed by atoms with Gasteiger partial charge in [-0.25, -0.2) is 9.97 Å². The number of aromatic nitrogens is 3. The molecule has 3 heterocycles. The molecule has 10 heteroatoms. The second-order valence-corrected chi connectivity index (χ2v) is 8.93. The quantitative estimate of drug-likeness (QED) is 0.295. The first kappa shape index (κ1) is 24.7. The summed E-state index contributed by atoms with van der Waals surface area (Å²) < 4.78 is 5.65. The lowest BCUT2D eigenvalue weighted by Gasteiger charge is -2.14. The minimum absolute atomic E-state index is 0.113. The lowest BCUT2D eigenvalue weighted by molar-refractivity contribution is 0.101. The van der Waals surface area contributed by atoms with Gasteiger partial charge < -0.3 is 20.1 Å². The summed E-state index contributed by atoms with van der Waals surface area (Å²) in [5.41, 5.74) is 3.78. The number of aromatic hydroxyl groups is 1. The zero-order chi connectivity index (χ0) is 25.1. The molecule has 35 heavy (non-hydrogen) atoms. The highest BCUT2D eigenvalue weighted by Crippen LogP contribution is 2.37. The van der Waals surface area contributed by atoms with Gasteiger partial charge in [0.15, 0.2) is 11.5 Å². The van der Waals surface area contributed by atoms with Crippen molar-refractivity contribution in [1.29, 1.82) is 0 Å². The summed E-state index contributed by atoms with van der Waals surface area (Å²) in [5.74, 6) is 0.147. The van der Waals surface area contributed by atoms with E-state index >= 15 is 0 Å². The fourth-order valence-electron chi connectivity index (χ4n) is 3.35. The highest BCUT2D eigenvalue weighted by molar-refractivity contribution is 6.37. The monoisotopic (exact) mass is 511 g/mol. The van der Waals surface area contributed by atoms with Gasteiger partial charge in [0.2, 0.25) is 5.88 Å². The fourth-order valence-corrected chi connectivity index (χ4v) is 3.84. The van der Waals surface area contributed by atoms with Gasteiger partial charge in [-0.1, -0.05) is 23.2 Å². The molecular weight excluding hydrogens is 489 g/mol. The molecule has 0 aliphatic carbocycles. The van der Waals surface area contributed by atoms with Crippen molar-refractivity contribution >= 4 is 51.4 Å². The van der Waals surface area contributed by atoms with Crippen LogP contribution in [0.25, 0.3) is 22.3 Å². The number of anilines is 2. The van der Waals surface area contributed by atoms with Crippen LogP contribution in [-0.4, -0.2) is 58.0 Å². The molecule has 0 saturated heterocycles. The van der Waals surface area contributed by atoms with Gasteiger partial charge in [0.1, 0.15) is 12.1 Å². The van der Waals surface area contributed by atoms with Gasteiger partial charge in [-0.05, 0) is 51.4 Å². The van der Waals surface area contributed by atoms with Crippen molar-refractivity contribution in [3.63, 3.8) is 0 Å². The van der Waals surface area contributed by atoms with Crippen LogP contribution in [0.1, 0.15) is 17.3 Å². The van der Waals surface area contributed by atoms with Crippen molar-refractivity contribution in [2.24, 2.45) is 0 Å². The molecule has 0 amide bonds. The van der Waals surface area contributed by atoms with E-state index in [4.69, 9.17) is 32.9 Å². The normalized spacial score (nSPS) is 11.1. The van der Waals surface area contributed by atoms with Crippen LogP contribution in [0, 0.1) is 0 Å². The number of Topliss-reactive ketones (excluding diaryl/α,β-unsaturated/α-hetero) is 1. The van der Waals surface area contributed by atoms with E-state index in [2.05, 4.69) is 15.3 Å². The third-order valence-electron chi connectivity index (χ3n) is 5.20. The Morgan fingerprint density at radius 2 is 1.83 bits per heavy atom. The van der Waals surface area contributed by atoms with Gasteiger partial charge in [-0.3, -0.25) is 9.78 Å². The fraction of sp³-hybridized carbons (Fsp3) is 0.200. The predicted octanol–water partition coefficient (Wildman–Crippen LogP) is 5.59. The Hall–Kier alpha value is -3.46. The number of likely N-dealkylation sites (N-methyl/N-ethyl adjacent to an activating group) is 1. The Bertz CT molecular complexity index is 1370. The van der Waals surface area contributed by atoms with Crippen LogP contribution in [0.2, 0.25) is 10.0 Å². The Balaban J connectivity index is 1.72. The average Bonchev–Trinajstić information content (AvgIpc) is 2.82. The zero-order valence-electron chi connectivity index (χ0n) is 19.3. The van der Waals surface area contributed by atoms with E-state index in [1.54, 1.807) is 36.5 Å². The number of carbonyl (C=O) groups excluding carboxylic acids is 1. The summed E-state index contributed by atoms with van der Waals surface area (Å²) >= 11 is 12.2. The smallest absolute Gasteiger partial charge is 0.213 e. The lowest BCUT2D eigenvalue weighted by atomic mass is 10.1. The van der Waals surface area contributed by atoms with Gasteiger partial charge >= 0.3 is 0 Å². The van der Waals surface area contributed by atoms with Crippen molar-refractivity contribution in [2.75, 3.05) is 32.6 Å². The predicted molar refractivity (Wildman–Crippen MR) is 138 cm³/mol. The molecular formula is C25H23Cl2N5O3. The van der Waals surface area contributed by atoms with Gasteiger partial charge in [0, 0.05) is 24.4 Å². The molecule has 0 radical (unpaired) electrons. The Kier molecular flexibility index (Phi) is 7.35. The SMILES string of the molecule is CC(=O)c1cnc2ccc(-c3cc(Cl)c(O)c(Cl)c3)nc2c1Nc1ccc(OCCN(C)C)nc1. The van der Waals surface area contributed by atoms with Crippen LogP contribution in [0.15, 0.2) is 48.8 Å². The average molecular weight is 512 g/mol. The maximum Gasteiger partial charge on any atom is 0.213 e. The van der Waals surface area contributed by atoms with E-state index in [1.165, 1.54) is 13.1 Å². The van der Waals surface area contributed by atoms with E-state index in [0.717, 1.165) is 6.54 Å². The van der Waals surface area contributed by atoms with Crippen LogP contribution >= 0.6 is 23.2 Å². The van der Waals surface area contributed by atoms with Crippen molar-refractivity contribution < 1.29 is 14.6 Å². The maximum atomic E-state index is 12.4. The number of rotatable bonds is 8. The molecule has 2 N–H and O–H groups in total. The first-order chi connectivity index (χ1) is 16.7. The number of hydrogen-bond acceptors (Lipinski definition) is 8. The van der Waals surface area contributed by atoms with Crippen molar-refractivity contribution in [1.82, 2.24) is 19.9 Å². The second kappa shape index (κ2) is 10.4. The molecule has 1 aromatic carbocycles. The van der Waals surface area contributed by atoms with E-state index in [9.17, 15) is 9.90 Å². The summed E-state index contributed by atoms with van der Waals surface area (Å²) in [4.78, 5) is 27.9. The van der Waals surface area contributed by atoms with Crippen molar-refractivity contribution in [3.05, 3.63) is 64.4 Å². The molecule has 0 unspecified atom stereocenters. The molecule has 0 aliphatic rings. The van der Waals surface area contributed by atoms with Crippen molar-refractivity contribution in [2.45, 2.75) is 6.92 Å². The van der Waals surface area contributed by atoms with Crippen LogP contribution in [-0.2, 0) is 0 Å². The van der Waals surface area contributed by atoms with E-state index < -0.39 is 0 Å². The highest BCUT2D eigenvalue weighted by Gasteiger charge is 2.16. The van der Waals surface area contributed by atoms with Crippen LogP contribution in [0.4, 0.5) is 11.4 Å². The number of nitrogens with zero attached hydrogens (tertiary/aromatic N) is 4. The Labute approximate surface area is 212 Å². The third-order valence-corrected chi connectivity index (χ3v) is 5.78. The van der Waals surface area contributed by atoms with E-state index in [0.29, 0.717) is 51.7 Å². The number of phenols is 1. The van der Waals surface area contributed by atoms with Gasteiger partial charge in [0.05, 0.1) is 44.4 Å². The lowest BCUT2D eigenvalue weighted by Crippen LogP contribution is -2.19. The topological polar surface area (TPSA) is 100 Å². The van der Waals surface area contributed by atoms with Crippen LogP contribution in [0.3, 0.4) is 0 Å². The van der Waals surface area contributed by atoms with Crippen molar-refractivity contribution in [3.8, 4) is 22.9 Å². The van der Waals surface area contributed by atoms with Gasteiger partial charge in [-0.2, -0.15) is 0 Å². The van der Waals surface area contributed by atoms with E-state index in [1.807, 2.05) is 25.1 Å². The molecule has 0 atom stereocenters. The number of benzene rings is 1. The first-order valence-electron chi connectivity index (χ1n) is 10.7. The van der Waals surface area contributed by atoms with Crippen LogP contribution in [0.5, 0.6) is 11.6 Å². The molecule has 0 saturated carbocycles. The number of fused-ring (bicyclic) bond motifs is 1. The molecule has 3 aromatic heterocycles. The summed E-state index contributed by atoms with van der Waals surface area (Å²) in [6.07, 6.45) is 3.15. The molecule has 0 bridgehead atoms. The molecule has 4 aromatic rings. The molecule has 4 rings (SSSR count). The largest absolute Gasteiger partial charge is 0.505 e. The number of ketones is 1. The summed E-state index contributed by atoms with van der Waals surface area (Å²) in [6, 6.07) is 10.3. The summed E-state index contributed by atoms with van der Waals surface area (Å²) in [5, 5.41) is 13.4. The van der Waals surface area contributed by atoms with E-state index in [-0.39, 0.29) is 21.6 Å². The number of pyridine rings is 3.